The van der Waals surface area contributed by atoms with Gasteiger partial charge in [0.05, 0.1) is 6.04 Å². The molecule has 0 aliphatic heterocycles. The van der Waals surface area contributed by atoms with E-state index in [1.807, 2.05) is 6.92 Å². The molecule has 1 saturated carbocycles. The minimum Gasteiger partial charge on any atom is -0.343 e. The van der Waals surface area contributed by atoms with Gasteiger partial charge < -0.3 is 5.32 Å². The Balaban J connectivity index is 2.17. The Hall–Kier alpha value is -0.970. The van der Waals surface area contributed by atoms with E-state index in [1.165, 1.54) is 6.42 Å². The molecule has 1 aliphatic carbocycles. The maximum absolute atomic E-state index is 11.2. The Morgan fingerprint density at radius 2 is 2.42 bits per heavy atom. The molecular weight excluding hydrogens is 150 g/mol. The van der Waals surface area contributed by atoms with Gasteiger partial charge in [-0.15, -0.1) is 6.42 Å². The highest BCUT2D eigenvalue weighted by atomic mass is 16.1. The van der Waals surface area contributed by atoms with E-state index in [9.17, 15) is 4.79 Å². The lowest BCUT2D eigenvalue weighted by molar-refractivity contribution is -0.121. The van der Waals surface area contributed by atoms with E-state index in [2.05, 4.69) is 18.2 Å². The molecule has 2 nitrogen and oxygen atoms in total. The summed E-state index contributed by atoms with van der Waals surface area (Å²) in [5.74, 6) is 3.90. The minimum atomic E-state index is -0.133. The molecule has 0 radical (unpaired) electrons. The lowest BCUT2D eigenvalue weighted by atomic mass is 10.2. The number of nitrogens with one attached hydrogen (secondary N) is 1. The number of hydrogen-bond acceptors (Lipinski definition) is 1. The van der Waals surface area contributed by atoms with E-state index in [1.54, 1.807) is 0 Å². The van der Waals surface area contributed by atoms with Crippen molar-refractivity contribution in [2.45, 2.75) is 32.7 Å². The van der Waals surface area contributed by atoms with E-state index < -0.39 is 0 Å². The summed E-state index contributed by atoms with van der Waals surface area (Å²) < 4.78 is 0. The van der Waals surface area contributed by atoms with Crippen LogP contribution in [0.4, 0.5) is 0 Å². The summed E-state index contributed by atoms with van der Waals surface area (Å²) in [6.07, 6.45) is 6.97. The van der Waals surface area contributed by atoms with Crippen molar-refractivity contribution in [1.82, 2.24) is 5.32 Å². The molecule has 3 atom stereocenters. The first-order valence-electron chi connectivity index (χ1n) is 4.39. The quantitative estimate of drug-likeness (QED) is 0.625. The highest BCUT2D eigenvalue weighted by Gasteiger charge is 2.34. The molecular formula is C10H15NO. The number of amides is 1. The first-order valence-corrected chi connectivity index (χ1v) is 4.39. The molecule has 0 heterocycles. The van der Waals surface area contributed by atoms with Crippen molar-refractivity contribution in [1.29, 1.82) is 0 Å². The van der Waals surface area contributed by atoms with Gasteiger partial charge in [0.2, 0.25) is 5.91 Å². The van der Waals surface area contributed by atoms with Gasteiger partial charge in [0.15, 0.2) is 0 Å². The summed E-state index contributed by atoms with van der Waals surface area (Å²) in [6, 6.07) is -0.133. The standard InChI is InChI=1S/C10H15NO/c1-4-8(3)11-10(12)6-9-5-7(9)2/h1,7-9H,5-6H2,2-3H3,(H,11,12). The largest absolute Gasteiger partial charge is 0.343 e. The summed E-state index contributed by atoms with van der Waals surface area (Å²) in [4.78, 5) is 11.2. The van der Waals surface area contributed by atoms with Crippen molar-refractivity contribution >= 4 is 5.91 Å². The molecule has 0 aromatic heterocycles. The second-order valence-corrected chi connectivity index (χ2v) is 3.63. The van der Waals surface area contributed by atoms with E-state index in [0.29, 0.717) is 12.3 Å². The summed E-state index contributed by atoms with van der Waals surface area (Å²) in [5.41, 5.74) is 0. The van der Waals surface area contributed by atoms with Gasteiger partial charge in [0.1, 0.15) is 0 Å². The Bertz CT molecular complexity index is 216. The minimum absolute atomic E-state index is 0.0924. The van der Waals surface area contributed by atoms with Crippen LogP contribution >= 0.6 is 0 Å². The number of carbonyl (C=O) groups is 1. The molecule has 0 spiro atoms. The lowest BCUT2D eigenvalue weighted by Gasteiger charge is -2.06. The van der Waals surface area contributed by atoms with Gasteiger partial charge in [-0.25, -0.2) is 0 Å². The zero-order chi connectivity index (χ0) is 9.14. The molecule has 0 aromatic rings. The first kappa shape index (κ1) is 9.12. The first-order chi connectivity index (χ1) is 5.63. The van der Waals surface area contributed by atoms with Crippen LogP contribution in [0.3, 0.4) is 0 Å². The van der Waals surface area contributed by atoms with Crippen molar-refractivity contribution in [2.24, 2.45) is 11.8 Å². The van der Waals surface area contributed by atoms with Gasteiger partial charge in [-0.05, 0) is 25.2 Å². The monoisotopic (exact) mass is 165 g/mol. The molecule has 66 valence electrons. The Morgan fingerprint density at radius 3 is 2.83 bits per heavy atom. The van der Waals surface area contributed by atoms with Crippen LogP contribution in [0.25, 0.3) is 0 Å². The Morgan fingerprint density at radius 1 is 1.83 bits per heavy atom. The van der Waals surface area contributed by atoms with Gasteiger partial charge in [0.25, 0.3) is 0 Å². The van der Waals surface area contributed by atoms with Gasteiger partial charge in [-0.3, -0.25) is 4.79 Å². The van der Waals surface area contributed by atoms with Gasteiger partial charge in [0, 0.05) is 6.42 Å². The summed E-state index contributed by atoms with van der Waals surface area (Å²) in [6.45, 7) is 3.98. The number of carbonyl (C=O) groups excluding carboxylic acids is 1. The van der Waals surface area contributed by atoms with Gasteiger partial charge in [-0.2, -0.15) is 0 Å². The van der Waals surface area contributed by atoms with Crippen molar-refractivity contribution in [3.8, 4) is 12.3 Å². The summed E-state index contributed by atoms with van der Waals surface area (Å²) >= 11 is 0. The smallest absolute Gasteiger partial charge is 0.221 e. The van der Waals surface area contributed by atoms with E-state index in [0.717, 1.165) is 5.92 Å². The van der Waals surface area contributed by atoms with Crippen LogP contribution in [0.15, 0.2) is 0 Å². The fourth-order valence-corrected chi connectivity index (χ4v) is 1.26. The zero-order valence-corrected chi connectivity index (χ0v) is 7.63. The maximum atomic E-state index is 11.2. The molecule has 1 amide bonds. The fourth-order valence-electron chi connectivity index (χ4n) is 1.26. The summed E-state index contributed by atoms with van der Waals surface area (Å²) in [7, 11) is 0. The maximum Gasteiger partial charge on any atom is 0.221 e. The van der Waals surface area contributed by atoms with Crippen LogP contribution in [-0.4, -0.2) is 11.9 Å². The second-order valence-electron chi connectivity index (χ2n) is 3.63. The van der Waals surface area contributed by atoms with Crippen LogP contribution in [0.2, 0.25) is 0 Å². The molecule has 1 fully saturated rings. The number of terminal acetylenes is 1. The highest BCUT2D eigenvalue weighted by molar-refractivity contribution is 5.77. The molecule has 1 N–H and O–H groups in total. The van der Waals surface area contributed by atoms with Gasteiger partial charge in [-0.1, -0.05) is 12.8 Å². The molecule has 0 aromatic carbocycles. The van der Waals surface area contributed by atoms with Crippen molar-refractivity contribution in [3.05, 3.63) is 0 Å². The van der Waals surface area contributed by atoms with Crippen LogP contribution in [0, 0.1) is 24.2 Å². The average molecular weight is 165 g/mol. The average Bonchev–Trinajstić information content (AvgIpc) is 2.66. The Labute approximate surface area is 73.7 Å². The highest BCUT2D eigenvalue weighted by Crippen LogP contribution is 2.40. The fraction of sp³-hybridized carbons (Fsp3) is 0.700. The third-order valence-electron chi connectivity index (χ3n) is 2.35. The topological polar surface area (TPSA) is 29.1 Å². The number of rotatable bonds is 3. The second kappa shape index (κ2) is 3.62. The van der Waals surface area contributed by atoms with Crippen LogP contribution in [0.5, 0.6) is 0 Å². The molecule has 0 bridgehead atoms. The molecule has 0 saturated heterocycles. The molecule has 1 aliphatic rings. The summed E-state index contributed by atoms with van der Waals surface area (Å²) in [5, 5.41) is 2.75. The molecule has 1 rings (SSSR count). The lowest BCUT2D eigenvalue weighted by Crippen LogP contribution is -2.31. The van der Waals surface area contributed by atoms with E-state index >= 15 is 0 Å². The van der Waals surface area contributed by atoms with E-state index in [4.69, 9.17) is 6.42 Å². The molecule has 12 heavy (non-hydrogen) atoms. The van der Waals surface area contributed by atoms with Crippen molar-refractivity contribution in [2.75, 3.05) is 0 Å². The number of hydrogen-bond donors (Lipinski definition) is 1. The predicted octanol–water partition coefficient (Wildman–Crippen LogP) is 1.17. The third-order valence-corrected chi connectivity index (χ3v) is 2.35. The van der Waals surface area contributed by atoms with Crippen LogP contribution < -0.4 is 5.32 Å². The SMILES string of the molecule is C#CC(C)NC(=O)CC1CC1C. The Kier molecular flexibility index (Phi) is 2.75. The normalized spacial score (nSPS) is 28.8. The van der Waals surface area contributed by atoms with Crippen molar-refractivity contribution < 1.29 is 4.79 Å². The third kappa shape index (κ3) is 2.58. The zero-order valence-electron chi connectivity index (χ0n) is 7.63. The predicted molar refractivity (Wildman–Crippen MR) is 48.3 cm³/mol. The van der Waals surface area contributed by atoms with Crippen LogP contribution in [0.1, 0.15) is 26.7 Å². The van der Waals surface area contributed by atoms with E-state index in [-0.39, 0.29) is 11.9 Å². The van der Waals surface area contributed by atoms with Gasteiger partial charge >= 0.3 is 0 Å². The van der Waals surface area contributed by atoms with Crippen LogP contribution in [-0.2, 0) is 4.79 Å². The molecule has 2 heteroatoms. The van der Waals surface area contributed by atoms with Crippen molar-refractivity contribution in [3.63, 3.8) is 0 Å². The molecule has 3 unspecified atom stereocenters.